The van der Waals surface area contributed by atoms with E-state index in [9.17, 15) is 4.79 Å². The SMILES string of the molecule is CC(=O)ON1CCOCC1.CO. The highest BCUT2D eigenvalue weighted by Crippen LogP contribution is 1.96. The summed E-state index contributed by atoms with van der Waals surface area (Å²) in [6.45, 7) is 4.05. The summed E-state index contributed by atoms with van der Waals surface area (Å²) in [5.74, 6) is -0.262. The van der Waals surface area contributed by atoms with Gasteiger partial charge in [0.1, 0.15) is 0 Å². The van der Waals surface area contributed by atoms with Crippen molar-refractivity contribution >= 4 is 5.97 Å². The normalized spacial score (nSPS) is 17.6. The maximum absolute atomic E-state index is 10.4. The molecule has 0 bridgehead atoms. The van der Waals surface area contributed by atoms with Crippen LogP contribution >= 0.6 is 0 Å². The van der Waals surface area contributed by atoms with Gasteiger partial charge in [0.2, 0.25) is 0 Å². The fraction of sp³-hybridized carbons (Fsp3) is 0.857. The lowest BCUT2D eigenvalue weighted by Gasteiger charge is -2.24. The van der Waals surface area contributed by atoms with Crippen LogP contribution in [0.15, 0.2) is 0 Å². The molecule has 72 valence electrons. The molecule has 0 aliphatic carbocycles. The van der Waals surface area contributed by atoms with Crippen molar-refractivity contribution in [2.24, 2.45) is 0 Å². The van der Waals surface area contributed by atoms with E-state index in [1.165, 1.54) is 6.92 Å². The number of carbonyl (C=O) groups is 1. The number of morpholine rings is 1. The van der Waals surface area contributed by atoms with E-state index in [1.807, 2.05) is 0 Å². The molecule has 0 radical (unpaired) electrons. The van der Waals surface area contributed by atoms with Crippen LogP contribution in [0.1, 0.15) is 6.92 Å². The highest BCUT2D eigenvalue weighted by atomic mass is 16.7. The smallest absolute Gasteiger partial charge is 0.322 e. The molecule has 1 saturated heterocycles. The van der Waals surface area contributed by atoms with Gasteiger partial charge in [-0.2, -0.15) is 0 Å². The van der Waals surface area contributed by atoms with E-state index < -0.39 is 0 Å². The maximum Gasteiger partial charge on any atom is 0.322 e. The average Bonchev–Trinajstić information content (AvgIpc) is 2.08. The zero-order valence-corrected chi connectivity index (χ0v) is 7.45. The third-order valence-electron chi connectivity index (χ3n) is 1.23. The van der Waals surface area contributed by atoms with Crippen LogP contribution in [-0.2, 0) is 14.4 Å². The lowest BCUT2D eigenvalue weighted by atomic mass is 10.5. The summed E-state index contributed by atoms with van der Waals surface area (Å²) in [6, 6.07) is 0. The molecular formula is C7H15NO4. The van der Waals surface area contributed by atoms with Crippen LogP contribution in [0, 0.1) is 0 Å². The van der Waals surface area contributed by atoms with Crippen LogP contribution in [-0.4, -0.2) is 49.6 Å². The van der Waals surface area contributed by atoms with Gasteiger partial charge in [0, 0.05) is 14.0 Å². The van der Waals surface area contributed by atoms with Gasteiger partial charge in [0.05, 0.1) is 26.3 Å². The van der Waals surface area contributed by atoms with Crippen LogP contribution in [0.25, 0.3) is 0 Å². The van der Waals surface area contributed by atoms with E-state index in [-0.39, 0.29) is 5.97 Å². The largest absolute Gasteiger partial charge is 0.400 e. The number of aliphatic hydroxyl groups is 1. The van der Waals surface area contributed by atoms with Gasteiger partial charge >= 0.3 is 5.97 Å². The summed E-state index contributed by atoms with van der Waals surface area (Å²) in [7, 11) is 1.00. The fourth-order valence-corrected chi connectivity index (χ4v) is 0.820. The van der Waals surface area contributed by atoms with Crippen LogP contribution < -0.4 is 0 Å². The Kier molecular flexibility index (Phi) is 6.64. The Balaban J connectivity index is 0.000000561. The number of hydrogen-bond acceptors (Lipinski definition) is 5. The summed E-state index contributed by atoms with van der Waals surface area (Å²) in [5.41, 5.74) is 0. The summed E-state index contributed by atoms with van der Waals surface area (Å²) >= 11 is 0. The summed E-state index contributed by atoms with van der Waals surface area (Å²) in [6.07, 6.45) is 0. The highest BCUT2D eigenvalue weighted by Gasteiger charge is 2.11. The van der Waals surface area contributed by atoms with Gasteiger partial charge in [0.25, 0.3) is 0 Å². The Morgan fingerprint density at radius 3 is 2.33 bits per heavy atom. The molecule has 1 fully saturated rings. The standard InChI is InChI=1S/C6H11NO3.CH4O/c1-6(8)10-7-2-4-9-5-3-7;1-2/h2-5H2,1H3;2H,1H3. The predicted octanol–water partition coefficient (Wildman–Crippen LogP) is -0.595. The minimum Gasteiger partial charge on any atom is -0.400 e. The average molecular weight is 177 g/mol. The number of rotatable bonds is 1. The van der Waals surface area contributed by atoms with E-state index in [4.69, 9.17) is 14.7 Å². The lowest BCUT2D eigenvalue weighted by molar-refractivity contribution is -0.202. The number of hydroxylamine groups is 2. The molecule has 0 saturated carbocycles. The number of hydrogen-bond donors (Lipinski definition) is 1. The molecule has 0 unspecified atom stereocenters. The number of ether oxygens (including phenoxy) is 1. The Bertz CT molecular complexity index is 123. The molecule has 1 aliphatic heterocycles. The molecule has 5 heteroatoms. The molecule has 1 heterocycles. The van der Waals surface area contributed by atoms with Gasteiger partial charge in [-0.3, -0.25) is 4.79 Å². The molecule has 0 aromatic heterocycles. The monoisotopic (exact) mass is 177 g/mol. The lowest BCUT2D eigenvalue weighted by Crippen LogP contribution is -2.37. The molecule has 1 rings (SSSR count). The van der Waals surface area contributed by atoms with Gasteiger partial charge in [0.15, 0.2) is 0 Å². The van der Waals surface area contributed by atoms with Gasteiger partial charge < -0.3 is 14.7 Å². The maximum atomic E-state index is 10.4. The Morgan fingerprint density at radius 2 is 1.92 bits per heavy atom. The minimum atomic E-state index is -0.262. The van der Waals surface area contributed by atoms with E-state index in [2.05, 4.69) is 0 Å². The first-order valence-electron chi connectivity index (χ1n) is 3.75. The van der Waals surface area contributed by atoms with Crippen molar-refractivity contribution < 1.29 is 19.5 Å². The molecule has 0 aromatic carbocycles. The van der Waals surface area contributed by atoms with Gasteiger partial charge in [-0.25, -0.2) is 0 Å². The van der Waals surface area contributed by atoms with Crippen molar-refractivity contribution in [3.63, 3.8) is 0 Å². The topological polar surface area (TPSA) is 59.0 Å². The van der Waals surface area contributed by atoms with Crippen molar-refractivity contribution in [2.75, 3.05) is 33.4 Å². The molecule has 12 heavy (non-hydrogen) atoms. The van der Waals surface area contributed by atoms with Gasteiger partial charge in [-0.1, -0.05) is 0 Å². The molecule has 1 N–H and O–H groups in total. The number of nitrogens with zero attached hydrogens (tertiary/aromatic N) is 1. The quantitative estimate of drug-likeness (QED) is 0.580. The van der Waals surface area contributed by atoms with Crippen LogP contribution in [0.3, 0.4) is 0 Å². The number of carbonyl (C=O) groups excluding carboxylic acids is 1. The first-order valence-corrected chi connectivity index (χ1v) is 3.75. The van der Waals surface area contributed by atoms with Crippen molar-refractivity contribution in [2.45, 2.75) is 6.92 Å². The first kappa shape index (κ1) is 11.4. The van der Waals surface area contributed by atoms with Crippen LogP contribution in [0.5, 0.6) is 0 Å². The van der Waals surface area contributed by atoms with E-state index >= 15 is 0 Å². The Hall–Kier alpha value is -0.650. The minimum absolute atomic E-state index is 0.262. The van der Waals surface area contributed by atoms with Gasteiger partial charge in [-0.15, -0.1) is 5.06 Å². The molecule has 5 nitrogen and oxygen atoms in total. The summed E-state index contributed by atoms with van der Waals surface area (Å²) in [4.78, 5) is 15.2. The van der Waals surface area contributed by atoms with E-state index in [0.29, 0.717) is 26.3 Å². The zero-order valence-electron chi connectivity index (χ0n) is 7.45. The molecule has 0 aromatic rings. The predicted molar refractivity (Wildman–Crippen MR) is 42.3 cm³/mol. The zero-order chi connectivity index (χ0) is 9.40. The number of aliphatic hydroxyl groups excluding tert-OH is 1. The third-order valence-corrected chi connectivity index (χ3v) is 1.23. The molecule has 1 aliphatic rings. The summed E-state index contributed by atoms with van der Waals surface area (Å²) in [5, 5.41) is 8.62. The van der Waals surface area contributed by atoms with Crippen molar-refractivity contribution in [3.8, 4) is 0 Å². The first-order chi connectivity index (χ1) is 5.79. The third kappa shape index (κ3) is 5.06. The second-order valence-corrected chi connectivity index (χ2v) is 2.12. The Labute approximate surface area is 71.8 Å². The van der Waals surface area contributed by atoms with Crippen molar-refractivity contribution in [3.05, 3.63) is 0 Å². The second-order valence-electron chi connectivity index (χ2n) is 2.12. The van der Waals surface area contributed by atoms with Crippen LogP contribution in [0.4, 0.5) is 0 Å². The fourth-order valence-electron chi connectivity index (χ4n) is 0.820. The molecule has 0 atom stereocenters. The van der Waals surface area contributed by atoms with Gasteiger partial charge in [-0.05, 0) is 0 Å². The van der Waals surface area contributed by atoms with Crippen LogP contribution in [0.2, 0.25) is 0 Å². The molecular weight excluding hydrogens is 162 g/mol. The summed E-state index contributed by atoms with van der Waals surface area (Å²) < 4.78 is 5.05. The second kappa shape index (κ2) is 7.02. The van der Waals surface area contributed by atoms with Crippen molar-refractivity contribution in [1.29, 1.82) is 0 Å². The molecule has 0 spiro atoms. The highest BCUT2D eigenvalue weighted by molar-refractivity contribution is 5.65. The molecule has 0 amide bonds. The Morgan fingerprint density at radius 1 is 1.42 bits per heavy atom. The van der Waals surface area contributed by atoms with Crippen molar-refractivity contribution in [1.82, 2.24) is 5.06 Å². The van der Waals surface area contributed by atoms with E-state index in [0.717, 1.165) is 7.11 Å². The van der Waals surface area contributed by atoms with E-state index in [1.54, 1.807) is 5.06 Å².